The Morgan fingerprint density at radius 2 is 1.37 bits per heavy atom. The average Bonchev–Trinajstić information content (AvgIpc) is 3.35. The maximum absolute atomic E-state index is 12.5. The standard InChI is InChI=1S/C39H69O11P/c1-3-5-7-8-9-10-11-12-13-14-15-16-22-26-39(44)50-33(31-49-51(45,46)47)30-48-38(43)25-21-18-17-20-24-34-35(37(42)29-36(34)41)28-27-32(40)23-19-6-4-2/h10-11,27-28,32-36,40-41H,3-9,12-26,29-31H2,1-2H3,(H2,45,46,47)/b11-10-,28-27+/t32-,33+,34+,35+,36-/m0/s1. The first-order valence-electron chi connectivity index (χ1n) is 19.7. The second kappa shape index (κ2) is 29.6. The van der Waals surface area contributed by atoms with Crippen LogP contribution in [0, 0.1) is 11.8 Å². The van der Waals surface area contributed by atoms with E-state index < -0.39 is 44.7 Å². The number of carbonyl (C=O) groups excluding carboxylic acids is 3. The molecule has 1 aliphatic rings. The van der Waals surface area contributed by atoms with Crippen molar-refractivity contribution in [3.8, 4) is 0 Å². The average molecular weight is 745 g/mol. The number of allylic oxidation sites excluding steroid dienone is 3. The summed E-state index contributed by atoms with van der Waals surface area (Å²) in [6.07, 6.45) is 25.2. The second-order valence-electron chi connectivity index (χ2n) is 14.0. The van der Waals surface area contributed by atoms with E-state index in [2.05, 4.69) is 30.5 Å². The van der Waals surface area contributed by atoms with Gasteiger partial charge < -0.3 is 29.5 Å². The third kappa shape index (κ3) is 25.7. The van der Waals surface area contributed by atoms with Gasteiger partial charge in [-0.3, -0.25) is 18.9 Å². The molecular formula is C39H69O11P. The van der Waals surface area contributed by atoms with Crippen LogP contribution in [0.5, 0.6) is 0 Å². The van der Waals surface area contributed by atoms with E-state index in [0.29, 0.717) is 25.7 Å². The van der Waals surface area contributed by atoms with Crippen molar-refractivity contribution in [1.82, 2.24) is 0 Å². The molecule has 0 aliphatic heterocycles. The van der Waals surface area contributed by atoms with Crippen LogP contribution in [0.15, 0.2) is 24.3 Å². The summed E-state index contributed by atoms with van der Waals surface area (Å²) >= 11 is 0. The number of esters is 2. The number of hydrogen-bond acceptors (Lipinski definition) is 9. The van der Waals surface area contributed by atoms with Crippen LogP contribution >= 0.6 is 7.82 Å². The van der Waals surface area contributed by atoms with Gasteiger partial charge in [-0.2, -0.15) is 0 Å². The summed E-state index contributed by atoms with van der Waals surface area (Å²) in [5.74, 6) is -1.62. The van der Waals surface area contributed by atoms with E-state index in [-0.39, 0.29) is 43.5 Å². The van der Waals surface area contributed by atoms with E-state index in [1.54, 1.807) is 12.2 Å². The molecule has 1 fully saturated rings. The normalized spacial score (nSPS) is 19.3. The van der Waals surface area contributed by atoms with Gasteiger partial charge in [0.25, 0.3) is 0 Å². The van der Waals surface area contributed by atoms with Gasteiger partial charge in [0.2, 0.25) is 0 Å². The zero-order valence-electron chi connectivity index (χ0n) is 31.5. The fourth-order valence-electron chi connectivity index (χ4n) is 6.33. The number of Topliss-reactive ketones (excluding diaryl/α,β-unsaturated/α-hetero) is 1. The third-order valence-electron chi connectivity index (χ3n) is 9.35. The molecule has 4 N–H and O–H groups in total. The summed E-state index contributed by atoms with van der Waals surface area (Å²) in [4.78, 5) is 55.4. The largest absolute Gasteiger partial charge is 0.469 e. The number of rotatable bonds is 32. The van der Waals surface area contributed by atoms with Crippen LogP contribution in [0.4, 0.5) is 0 Å². The Balaban J connectivity index is 2.30. The number of carbonyl (C=O) groups is 3. The monoisotopic (exact) mass is 744 g/mol. The highest BCUT2D eigenvalue weighted by Crippen LogP contribution is 2.36. The van der Waals surface area contributed by atoms with Crippen LogP contribution in [0.25, 0.3) is 0 Å². The lowest BCUT2D eigenvalue weighted by Crippen LogP contribution is -2.29. The highest BCUT2D eigenvalue weighted by molar-refractivity contribution is 7.46. The second-order valence-corrected chi connectivity index (χ2v) is 15.3. The lowest BCUT2D eigenvalue weighted by molar-refractivity contribution is -0.161. The molecule has 12 heteroatoms. The van der Waals surface area contributed by atoms with Crippen molar-refractivity contribution >= 4 is 25.5 Å². The maximum atomic E-state index is 12.5. The number of hydrogen-bond donors (Lipinski definition) is 4. The molecule has 5 atom stereocenters. The molecule has 0 aromatic rings. The first-order valence-corrected chi connectivity index (χ1v) is 21.3. The first kappa shape index (κ1) is 47.1. The molecule has 0 spiro atoms. The number of ether oxygens (including phenoxy) is 2. The van der Waals surface area contributed by atoms with Crippen LogP contribution in [0.2, 0.25) is 0 Å². The minimum atomic E-state index is -4.81. The highest BCUT2D eigenvalue weighted by atomic mass is 31.2. The molecule has 11 nitrogen and oxygen atoms in total. The minimum Gasteiger partial charge on any atom is -0.462 e. The Bertz CT molecular complexity index is 1040. The van der Waals surface area contributed by atoms with Crippen LogP contribution in [0.3, 0.4) is 0 Å². The van der Waals surface area contributed by atoms with E-state index in [0.717, 1.165) is 77.0 Å². The topological polar surface area (TPSA) is 177 Å². The minimum absolute atomic E-state index is 0.0000555. The zero-order valence-corrected chi connectivity index (χ0v) is 32.4. The number of ketones is 1. The van der Waals surface area contributed by atoms with E-state index >= 15 is 0 Å². The van der Waals surface area contributed by atoms with Gasteiger partial charge in [-0.25, -0.2) is 4.57 Å². The van der Waals surface area contributed by atoms with Crippen LogP contribution in [-0.2, 0) is 32.9 Å². The van der Waals surface area contributed by atoms with Gasteiger partial charge in [-0.05, 0) is 57.3 Å². The Hall–Kier alpha value is -1.88. The van der Waals surface area contributed by atoms with Gasteiger partial charge in [0.15, 0.2) is 6.10 Å². The summed E-state index contributed by atoms with van der Waals surface area (Å²) in [5, 5.41) is 20.6. The Morgan fingerprint density at radius 3 is 2.02 bits per heavy atom. The molecule has 0 aromatic carbocycles. The summed E-state index contributed by atoms with van der Waals surface area (Å²) in [7, 11) is -4.81. The molecule has 51 heavy (non-hydrogen) atoms. The molecule has 1 aliphatic carbocycles. The van der Waals surface area contributed by atoms with Gasteiger partial charge >= 0.3 is 19.8 Å². The Labute approximate surface area is 307 Å². The number of aliphatic hydroxyl groups excluding tert-OH is 2. The summed E-state index contributed by atoms with van der Waals surface area (Å²) in [6.45, 7) is 3.35. The smallest absolute Gasteiger partial charge is 0.462 e. The molecule has 0 saturated heterocycles. The number of aliphatic hydroxyl groups is 2. The van der Waals surface area contributed by atoms with Crippen LogP contribution < -0.4 is 0 Å². The molecule has 1 saturated carbocycles. The van der Waals surface area contributed by atoms with Gasteiger partial charge in [0.05, 0.1) is 18.8 Å². The number of phosphoric acid groups is 1. The molecular weight excluding hydrogens is 675 g/mol. The van der Waals surface area contributed by atoms with E-state index in [1.165, 1.54) is 25.7 Å². The van der Waals surface area contributed by atoms with Crippen LogP contribution in [-0.4, -0.2) is 69.2 Å². The summed E-state index contributed by atoms with van der Waals surface area (Å²) < 4.78 is 26.3. The Morgan fingerprint density at radius 1 is 0.804 bits per heavy atom. The van der Waals surface area contributed by atoms with Crippen molar-refractivity contribution in [3.63, 3.8) is 0 Å². The fourth-order valence-corrected chi connectivity index (χ4v) is 6.69. The summed E-state index contributed by atoms with van der Waals surface area (Å²) in [5.41, 5.74) is 0. The van der Waals surface area contributed by atoms with Crippen molar-refractivity contribution in [3.05, 3.63) is 24.3 Å². The molecule has 1 rings (SSSR count). The molecule has 0 heterocycles. The molecule has 0 aromatic heterocycles. The molecule has 0 amide bonds. The third-order valence-corrected chi connectivity index (χ3v) is 9.84. The lowest BCUT2D eigenvalue weighted by atomic mass is 9.88. The van der Waals surface area contributed by atoms with Crippen LogP contribution in [0.1, 0.15) is 162 Å². The van der Waals surface area contributed by atoms with E-state index in [9.17, 15) is 29.2 Å². The quantitative estimate of drug-likeness (QED) is 0.0226. The molecule has 0 radical (unpaired) electrons. The van der Waals surface area contributed by atoms with Gasteiger partial charge in [0.1, 0.15) is 12.4 Å². The fraction of sp³-hybridized carbons (Fsp3) is 0.821. The van der Waals surface area contributed by atoms with Gasteiger partial charge in [-0.15, -0.1) is 0 Å². The van der Waals surface area contributed by atoms with E-state index in [4.69, 9.17) is 19.3 Å². The first-order chi connectivity index (χ1) is 24.5. The summed E-state index contributed by atoms with van der Waals surface area (Å²) in [6, 6.07) is 0. The van der Waals surface area contributed by atoms with Crippen molar-refractivity contribution in [2.45, 2.75) is 180 Å². The Kier molecular flexibility index (Phi) is 27.3. The van der Waals surface area contributed by atoms with Crippen molar-refractivity contribution in [2.75, 3.05) is 13.2 Å². The van der Waals surface area contributed by atoms with Crippen molar-refractivity contribution in [1.29, 1.82) is 0 Å². The molecule has 0 unspecified atom stereocenters. The maximum Gasteiger partial charge on any atom is 0.469 e. The van der Waals surface area contributed by atoms with E-state index in [1.807, 2.05) is 0 Å². The lowest BCUT2D eigenvalue weighted by Gasteiger charge is -2.19. The highest BCUT2D eigenvalue weighted by Gasteiger charge is 2.39. The van der Waals surface area contributed by atoms with Gasteiger partial charge in [0, 0.05) is 25.2 Å². The SMILES string of the molecule is CCCCCC/C=C\CCCCCCCC(=O)O[C@H](COC(=O)CCCCCC[C@H]1[C@@H](O)CC(=O)[C@@H]1/C=C/[C@@H](O)CCCCC)COP(=O)(O)O. The predicted molar refractivity (Wildman–Crippen MR) is 199 cm³/mol. The predicted octanol–water partition coefficient (Wildman–Crippen LogP) is 8.21. The van der Waals surface area contributed by atoms with Gasteiger partial charge in [-0.1, -0.05) is 115 Å². The zero-order chi connectivity index (χ0) is 37.7. The molecule has 296 valence electrons. The number of unbranched alkanes of at least 4 members (excludes halogenated alkanes) is 14. The molecule has 0 bridgehead atoms. The van der Waals surface area contributed by atoms with Crippen molar-refractivity contribution < 1.29 is 52.9 Å². The van der Waals surface area contributed by atoms with Crippen molar-refractivity contribution in [2.24, 2.45) is 11.8 Å². The number of phosphoric ester groups is 1.